The Bertz CT molecular complexity index is 803. The summed E-state index contributed by atoms with van der Waals surface area (Å²) < 4.78 is 1.72. The topological polar surface area (TPSA) is 69.6 Å². The average Bonchev–Trinajstić information content (AvgIpc) is 2.60. The van der Waals surface area contributed by atoms with Crippen molar-refractivity contribution in [2.45, 2.75) is 31.3 Å². The maximum Gasteiger partial charge on any atom is 0.142 e. The molecule has 1 heterocycles. The van der Waals surface area contributed by atoms with Crippen LogP contribution in [0.2, 0.25) is 0 Å². The molecule has 2 aromatic rings. The molecule has 2 fully saturated rings. The number of piperidine rings is 1. The Morgan fingerprint density at radius 2 is 1.31 bits per heavy atom. The van der Waals surface area contributed by atoms with E-state index in [-0.39, 0.29) is 41.2 Å². The lowest BCUT2D eigenvalue weighted by atomic mass is 9.67. The zero-order valence-corrected chi connectivity index (χ0v) is 17.1. The zero-order valence-electron chi connectivity index (χ0n) is 14.0. The van der Waals surface area contributed by atoms with Gasteiger partial charge in [-0.3, -0.25) is 4.79 Å². The predicted molar refractivity (Wildman–Crippen MR) is 106 cm³/mol. The molecular formula is C20H19Br2NO3. The van der Waals surface area contributed by atoms with Crippen molar-refractivity contribution in [3.63, 3.8) is 0 Å². The molecule has 26 heavy (non-hydrogen) atoms. The van der Waals surface area contributed by atoms with E-state index in [1.165, 1.54) is 0 Å². The van der Waals surface area contributed by atoms with Crippen LogP contribution in [-0.4, -0.2) is 16.0 Å². The van der Waals surface area contributed by atoms with Gasteiger partial charge in [0.05, 0.1) is 0 Å². The maximum atomic E-state index is 13.1. The number of phenols is 2. The fourth-order valence-corrected chi connectivity index (χ4v) is 5.12. The van der Waals surface area contributed by atoms with Crippen molar-refractivity contribution in [2.75, 3.05) is 0 Å². The van der Waals surface area contributed by atoms with E-state index in [1.807, 2.05) is 12.1 Å². The van der Waals surface area contributed by atoms with Gasteiger partial charge < -0.3 is 15.5 Å². The van der Waals surface area contributed by atoms with Crippen molar-refractivity contribution >= 4 is 37.6 Å². The molecule has 4 unspecified atom stereocenters. The SMILES string of the molecule is O=C1C2CCCC1C(c1cc(Br)ccc1O)NC2c1cc(Br)ccc1O. The lowest BCUT2D eigenvalue weighted by molar-refractivity contribution is -0.135. The van der Waals surface area contributed by atoms with Crippen molar-refractivity contribution < 1.29 is 15.0 Å². The molecule has 4 rings (SSSR count). The second kappa shape index (κ2) is 6.98. The molecule has 4 atom stereocenters. The van der Waals surface area contributed by atoms with E-state index in [2.05, 4.69) is 37.2 Å². The monoisotopic (exact) mass is 479 g/mol. The van der Waals surface area contributed by atoms with Crippen LogP contribution in [0.25, 0.3) is 0 Å². The van der Waals surface area contributed by atoms with E-state index in [0.29, 0.717) is 0 Å². The summed E-state index contributed by atoms with van der Waals surface area (Å²) in [5, 5.41) is 24.4. The predicted octanol–water partition coefficient (Wildman–Crippen LogP) is 4.99. The smallest absolute Gasteiger partial charge is 0.142 e. The Morgan fingerprint density at radius 1 is 0.846 bits per heavy atom. The summed E-state index contributed by atoms with van der Waals surface area (Å²) in [6.07, 6.45) is 2.60. The lowest BCUT2D eigenvalue weighted by Crippen LogP contribution is -2.50. The van der Waals surface area contributed by atoms with Crippen LogP contribution in [0, 0.1) is 11.8 Å². The molecule has 0 radical (unpaired) electrons. The molecule has 1 aliphatic carbocycles. The Hall–Kier alpha value is -1.37. The largest absolute Gasteiger partial charge is 0.508 e. The third kappa shape index (κ3) is 3.08. The van der Waals surface area contributed by atoms with Crippen LogP contribution >= 0.6 is 31.9 Å². The lowest BCUT2D eigenvalue weighted by Gasteiger charge is -2.45. The van der Waals surface area contributed by atoms with Crippen molar-refractivity contribution in [2.24, 2.45) is 11.8 Å². The number of hydrogen-bond acceptors (Lipinski definition) is 4. The summed E-state index contributed by atoms with van der Waals surface area (Å²) in [4.78, 5) is 13.1. The minimum Gasteiger partial charge on any atom is -0.508 e. The zero-order chi connectivity index (χ0) is 18.4. The summed E-state index contributed by atoms with van der Waals surface area (Å²) >= 11 is 6.91. The minimum absolute atomic E-state index is 0.153. The molecule has 2 aliphatic rings. The van der Waals surface area contributed by atoms with E-state index in [1.54, 1.807) is 24.3 Å². The Morgan fingerprint density at radius 3 is 1.77 bits per heavy atom. The van der Waals surface area contributed by atoms with Crippen molar-refractivity contribution in [1.29, 1.82) is 0 Å². The number of aromatic hydroxyl groups is 2. The van der Waals surface area contributed by atoms with Gasteiger partial charge in [0.2, 0.25) is 0 Å². The number of halogens is 2. The highest BCUT2D eigenvalue weighted by molar-refractivity contribution is 9.10. The van der Waals surface area contributed by atoms with Crippen LogP contribution in [-0.2, 0) is 4.79 Å². The van der Waals surface area contributed by atoms with Gasteiger partial charge in [0.25, 0.3) is 0 Å². The first-order chi connectivity index (χ1) is 12.5. The summed E-state index contributed by atoms with van der Waals surface area (Å²) in [6.45, 7) is 0. The Kier molecular flexibility index (Phi) is 4.84. The highest BCUT2D eigenvalue weighted by Gasteiger charge is 2.47. The second-order valence-electron chi connectivity index (χ2n) is 7.07. The van der Waals surface area contributed by atoms with Gasteiger partial charge in [-0.2, -0.15) is 0 Å². The number of benzene rings is 2. The van der Waals surface area contributed by atoms with Gasteiger partial charge in [0.15, 0.2) is 0 Å². The summed E-state index contributed by atoms with van der Waals surface area (Å²) in [5.74, 6) is 0.280. The van der Waals surface area contributed by atoms with Gasteiger partial charge in [-0.25, -0.2) is 0 Å². The molecule has 0 amide bonds. The third-order valence-electron chi connectivity index (χ3n) is 5.57. The fourth-order valence-electron chi connectivity index (χ4n) is 4.37. The van der Waals surface area contributed by atoms with Gasteiger partial charge >= 0.3 is 0 Å². The molecule has 136 valence electrons. The molecule has 1 aliphatic heterocycles. The van der Waals surface area contributed by atoms with Crippen molar-refractivity contribution in [1.82, 2.24) is 5.32 Å². The number of Topliss-reactive ketones (excluding diaryl/α,β-unsaturated/α-hetero) is 1. The molecule has 1 saturated carbocycles. The van der Waals surface area contributed by atoms with E-state index < -0.39 is 0 Å². The van der Waals surface area contributed by atoms with Gasteiger partial charge in [-0.05, 0) is 49.2 Å². The van der Waals surface area contributed by atoms with Crippen molar-refractivity contribution in [3.05, 3.63) is 56.5 Å². The first-order valence-electron chi connectivity index (χ1n) is 8.72. The molecule has 0 spiro atoms. The van der Waals surface area contributed by atoms with E-state index in [9.17, 15) is 15.0 Å². The Balaban J connectivity index is 1.80. The normalized spacial score (nSPS) is 28.2. The summed E-state index contributed by atoms with van der Waals surface area (Å²) in [5.41, 5.74) is 1.44. The summed E-state index contributed by atoms with van der Waals surface area (Å²) in [7, 11) is 0. The van der Waals surface area contributed by atoms with Gasteiger partial charge in [-0.15, -0.1) is 0 Å². The highest BCUT2D eigenvalue weighted by Crippen LogP contribution is 2.49. The summed E-state index contributed by atoms with van der Waals surface area (Å²) in [6, 6.07) is 10.0. The van der Waals surface area contributed by atoms with E-state index in [0.717, 1.165) is 39.3 Å². The van der Waals surface area contributed by atoms with Crippen LogP contribution in [0.1, 0.15) is 42.5 Å². The fraction of sp³-hybridized carbons (Fsp3) is 0.350. The first kappa shape index (κ1) is 18.0. The number of rotatable bonds is 2. The molecule has 1 saturated heterocycles. The standard InChI is InChI=1S/C20H19Br2NO3/c21-10-4-6-16(24)14(8-10)18-12-2-1-3-13(20(12)26)19(23-18)15-9-11(22)5-7-17(15)25/h4-9,12-13,18-19,23-25H,1-3H2. The number of ketones is 1. The van der Waals surface area contributed by atoms with Crippen LogP contribution in [0.3, 0.4) is 0 Å². The third-order valence-corrected chi connectivity index (χ3v) is 6.56. The molecule has 2 aromatic carbocycles. The highest BCUT2D eigenvalue weighted by atomic mass is 79.9. The minimum atomic E-state index is -0.278. The van der Waals surface area contributed by atoms with Crippen molar-refractivity contribution in [3.8, 4) is 11.5 Å². The molecular weight excluding hydrogens is 462 g/mol. The number of hydrogen-bond donors (Lipinski definition) is 3. The number of carbonyl (C=O) groups excluding carboxylic acids is 1. The van der Waals surface area contributed by atoms with E-state index >= 15 is 0 Å². The molecule has 0 aromatic heterocycles. The van der Waals surface area contributed by atoms with Gasteiger partial charge in [0.1, 0.15) is 17.3 Å². The van der Waals surface area contributed by atoms with Crippen LogP contribution < -0.4 is 5.32 Å². The van der Waals surface area contributed by atoms with Gasteiger partial charge in [-0.1, -0.05) is 38.3 Å². The first-order valence-corrected chi connectivity index (χ1v) is 10.3. The maximum absolute atomic E-state index is 13.1. The quantitative estimate of drug-likeness (QED) is 0.566. The van der Waals surface area contributed by atoms with E-state index in [4.69, 9.17) is 0 Å². The number of fused-ring (bicyclic) bond motifs is 2. The molecule has 2 bridgehead atoms. The molecule has 4 nitrogen and oxygen atoms in total. The second-order valence-corrected chi connectivity index (χ2v) is 8.91. The number of nitrogens with one attached hydrogen (secondary N) is 1. The number of phenolic OH excluding ortho intramolecular Hbond substituents is 2. The van der Waals surface area contributed by atoms with Crippen LogP contribution in [0.5, 0.6) is 11.5 Å². The average molecular weight is 481 g/mol. The molecule has 3 N–H and O–H groups in total. The number of carbonyl (C=O) groups is 1. The Labute approximate surface area is 168 Å². The van der Waals surface area contributed by atoms with Gasteiger partial charge in [0, 0.05) is 44.0 Å². The van der Waals surface area contributed by atoms with Crippen LogP contribution in [0.15, 0.2) is 45.3 Å². The van der Waals surface area contributed by atoms with Crippen LogP contribution in [0.4, 0.5) is 0 Å². The molecule has 6 heteroatoms.